The molecule has 1 fully saturated rings. The second-order valence-corrected chi connectivity index (χ2v) is 5.67. The molecule has 1 N–H and O–H groups in total. The van der Waals surface area contributed by atoms with E-state index in [4.69, 9.17) is 0 Å². The zero-order chi connectivity index (χ0) is 10.2. The van der Waals surface area contributed by atoms with E-state index in [1.54, 1.807) is 11.3 Å². The summed E-state index contributed by atoms with van der Waals surface area (Å²) in [6.07, 6.45) is 3.76. The van der Waals surface area contributed by atoms with Crippen molar-refractivity contribution in [1.82, 2.24) is 4.98 Å². The summed E-state index contributed by atoms with van der Waals surface area (Å²) in [5, 5.41) is 13.4. The fourth-order valence-electron chi connectivity index (χ4n) is 2.35. The Morgan fingerprint density at radius 1 is 1.71 bits per heavy atom. The largest absolute Gasteiger partial charge is 0.389 e. The molecule has 0 saturated heterocycles. The van der Waals surface area contributed by atoms with Gasteiger partial charge >= 0.3 is 0 Å². The van der Waals surface area contributed by atoms with Gasteiger partial charge in [-0.2, -0.15) is 0 Å². The minimum absolute atomic E-state index is 0.472. The van der Waals surface area contributed by atoms with Crippen LogP contribution in [0.4, 0.5) is 0 Å². The monoisotopic (exact) mass is 211 g/mol. The number of thiazole rings is 1. The summed E-state index contributed by atoms with van der Waals surface area (Å²) in [5.74, 6) is 0.666. The molecule has 2 atom stereocenters. The van der Waals surface area contributed by atoms with Gasteiger partial charge in [0.2, 0.25) is 0 Å². The number of hydrogen-bond donors (Lipinski definition) is 1. The molecule has 1 aliphatic rings. The maximum absolute atomic E-state index is 10.3. The Balaban J connectivity index is 2.03. The van der Waals surface area contributed by atoms with E-state index in [-0.39, 0.29) is 0 Å². The molecule has 1 aliphatic carbocycles. The Kier molecular flexibility index (Phi) is 2.62. The third kappa shape index (κ3) is 2.15. The summed E-state index contributed by atoms with van der Waals surface area (Å²) in [6, 6.07) is 0. The van der Waals surface area contributed by atoms with Gasteiger partial charge in [0.05, 0.1) is 16.3 Å². The van der Waals surface area contributed by atoms with E-state index in [9.17, 15) is 5.11 Å². The summed E-state index contributed by atoms with van der Waals surface area (Å²) >= 11 is 1.67. The predicted octanol–water partition coefficient (Wildman–Crippen LogP) is 2.55. The first-order chi connectivity index (χ1) is 6.57. The fourth-order valence-corrected chi connectivity index (χ4v) is 2.97. The predicted molar refractivity (Wildman–Crippen MR) is 58.5 cm³/mol. The summed E-state index contributed by atoms with van der Waals surface area (Å²) in [5.41, 5.74) is 0.587. The third-order valence-electron chi connectivity index (χ3n) is 3.01. The molecule has 1 aromatic heterocycles. The van der Waals surface area contributed by atoms with E-state index in [1.807, 2.05) is 6.92 Å². The lowest BCUT2D eigenvalue weighted by molar-refractivity contribution is 0.0438. The van der Waals surface area contributed by atoms with E-state index in [2.05, 4.69) is 17.3 Å². The van der Waals surface area contributed by atoms with Gasteiger partial charge in [0, 0.05) is 11.8 Å². The van der Waals surface area contributed by atoms with Crippen molar-refractivity contribution in [3.05, 3.63) is 16.1 Å². The van der Waals surface area contributed by atoms with Crippen molar-refractivity contribution in [2.75, 3.05) is 0 Å². The average molecular weight is 211 g/mol. The van der Waals surface area contributed by atoms with Crippen molar-refractivity contribution < 1.29 is 5.11 Å². The van der Waals surface area contributed by atoms with E-state index in [1.165, 1.54) is 0 Å². The molecule has 0 aromatic carbocycles. The standard InChI is InChI=1S/C11H17NOS/c1-8-3-4-11(13,5-8)6-10-7-14-9(2)12-10/h7-8,13H,3-6H2,1-2H3. The van der Waals surface area contributed by atoms with Gasteiger partial charge in [0.25, 0.3) is 0 Å². The van der Waals surface area contributed by atoms with Crippen LogP contribution < -0.4 is 0 Å². The van der Waals surface area contributed by atoms with Gasteiger partial charge in [-0.15, -0.1) is 11.3 Å². The molecule has 0 spiro atoms. The molecule has 1 aromatic rings. The van der Waals surface area contributed by atoms with E-state index in [0.717, 1.165) is 36.4 Å². The lowest BCUT2D eigenvalue weighted by Gasteiger charge is -2.21. The van der Waals surface area contributed by atoms with Crippen LogP contribution in [0.25, 0.3) is 0 Å². The normalized spacial score (nSPS) is 32.4. The van der Waals surface area contributed by atoms with Crippen molar-refractivity contribution in [1.29, 1.82) is 0 Å². The molecule has 0 amide bonds. The number of aliphatic hydroxyl groups is 1. The Hall–Kier alpha value is -0.410. The zero-order valence-corrected chi connectivity index (χ0v) is 9.60. The first-order valence-electron chi connectivity index (χ1n) is 5.21. The molecule has 78 valence electrons. The number of hydrogen-bond acceptors (Lipinski definition) is 3. The van der Waals surface area contributed by atoms with Crippen LogP contribution in [-0.4, -0.2) is 15.7 Å². The summed E-state index contributed by atoms with van der Waals surface area (Å²) in [7, 11) is 0. The molecule has 14 heavy (non-hydrogen) atoms. The van der Waals surface area contributed by atoms with Crippen LogP contribution in [0, 0.1) is 12.8 Å². The van der Waals surface area contributed by atoms with Crippen molar-refractivity contribution in [2.24, 2.45) is 5.92 Å². The smallest absolute Gasteiger partial charge is 0.0897 e. The highest BCUT2D eigenvalue weighted by atomic mass is 32.1. The number of rotatable bonds is 2. The number of aromatic nitrogens is 1. The number of aryl methyl sites for hydroxylation is 1. The van der Waals surface area contributed by atoms with Gasteiger partial charge in [-0.3, -0.25) is 0 Å². The fraction of sp³-hybridized carbons (Fsp3) is 0.727. The van der Waals surface area contributed by atoms with Crippen molar-refractivity contribution >= 4 is 11.3 Å². The lowest BCUT2D eigenvalue weighted by atomic mass is 9.95. The maximum Gasteiger partial charge on any atom is 0.0897 e. The molecular formula is C11H17NOS. The van der Waals surface area contributed by atoms with Gasteiger partial charge in [-0.25, -0.2) is 4.98 Å². The van der Waals surface area contributed by atoms with Crippen LogP contribution in [0.2, 0.25) is 0 Å². The van der Waals surface area contributed by atoms with Gasteiger partial charge in [-0.1, -0.05) is 6.92 Å². The molecule has 2 rings (SSSR count). The molecule has 3 heteroatoms. The van der Waals surface area contributed by atoms with Crippen LogP contribution in [0.15, 0.2) is 5.38 Å². The topological polar surface area (TPSA) is 33.1 Å². The number of nitrogens with zero attached hydrogens (tertiary/aromatic N) is 1. The Morgan fingerprint density at radius 3 is 3.00 bits per heavy atom. The van der Waals surface area contributed by atoms with E-state index < -0.39 is 5.60 Å². The van der Waals surface area contributed by atoms with E-state index >= 15 is 0 Å². The summed E-state index contributed by atoms with van der Waals surface area (Å²) in [4.78, 5) is 4.40. The highest BCUT2D eigenvalue weighted by Crippen LogP contribution is 2.36. The second kappa shape index (κ2) is 3.63. The molecule has 1 saturated carbocycles. The van der Waals surface area contributed by atoms with Crippen LogP contribution in [0.5, 0.6) is 0 Å². The van der Waals surface area contributed by atoms with Crippen LogP contribution in [0.1, 0.15) is 36.9 Å². The Bertz CT molecular complexity index is 323. The first-order valence-corrected chi connectivity index (χ1v) is 6.09. The third-order valence-corrected chi connectivity index (χ3v) is 3.83. The van der Waals surface area contributed by atoms with Gasteiger partial charge < -0.3 is 5.11 Å². The van der Waals surface area contributed by atoms with Crippen molar-refractivity contribution in [3.8, 4) is 0 Å². The molecule has 2 unspecified atom stereocenters. The molecule has 0 aliphatic heterocycles. The quantitative estimate of drug-likeness (QED) is 0.815. The molecular weight excluding hydrogens is 194 g/mol. The molecule has 1 heterocycles. The van der Waals surface area contributed by atoms with Crippen LogP contribution in [0.3, 0.4) is 0 Å². The Labute approximate surface area is 89.0 Å². The van der Waals surface area contributed by atoms with Gasteiger partial charge in [0.15, 0.2) is 0 Å². The van der Waals surface area contributed by atoms with Gasteiger partial charge in [0.1, 0.15) is 0 Å². The van der Waals surface area contributed by atoms with Crippen molar-refractivity contribution in [2.45, 2.75) is 45.1 Å². The van der Waals surface area contributed by atoms with Gasteiger partial charge in [-0.05, 0) is 32.1 Å². The second-order valence-electron chi connectivity index (χ2n) is 4.61. The van der Waals surface area contributed by atoms with Crippen LogP contribution >= 0.6 is 11.3 Å². The zero-order valence-electron chi connectivity index (χ0n) is 8.79. The average Bonchev–Trinajstić information content (AvgIpc) is 2.60. The minimum Gasteiger partial charge on any atom is -0.389 e. The van der Waals surface area contributed by atoms with Crippen LogP contribution in [-0.2, 0) is 6.42 Å². The molecule has 2 nitrogen and oxygen atoms in total. The minimum atomic E-state index is -0.472. The Morgan fingerprint density at radius 2 is 2.50 bits per heavy atom. The first kappa shape index (κ1) is 10.1. The highest BCUT2D eigenvalue weighted by molar-refractivity contribution is 7.09. The lowest BCUT2D eigenvalue weighted by Crippen LogP contribution is -2.27. The molecule has 0 bridgehead atoms. The summed E-state index contributed by atoms with van der Waals surface area (Å²) < 4.78 is 0. The SMILES string of the molecule is Cc1nc(CC2(O)CCC(C)C2)cs1. The molecule has 0 radical (unpaired) electrons. The maximum atomic E-state index is 10.3. The summed E-state index contributed by atoms with van der Waals surface area (Å²) in [6.45, 7) is 4.22. The van der Waals surface area contributed by atoms with E-state index in [0.29, 0.717) is 5.92 Å². The highest BCUT2D eigenvalue weighted by Gasteiger charge is 2.35. The van der Waals surface area contributed by atoms with Crippen molar-refractivity contribution in [3.63, 3.8) is 0 Å².